The van der Waals surface area contributed by atoms with E-state index >= 15 is 0 Å². The van der Waals surface area contributed by atoms with Gasteiger partial charge in [0.15, 0.2) is 0 Å². The lowest BCUT2D eigenvalue weighted by molar-refractivity contribution is 0.424. The molecule has 1 atom stereocenters. The van der Waals surface area contributed by atoms with E-state index in [0.29, 0.717) is 5.16 Å². The van der Waals surface area contributed by atoms with Crippen LogP contribution in [0.25, 0.3) is 0 Å². The van der Waals surface area contributed by atoms with Gasteiger partial charge in [-0.05, 0) is 24.4 Å². The van der Waals surface area contributed by atoms with Gasteiger partial charge in [-0.3, -0.25) is 0 Å². The summed E-state index contributed by atoms with van der Waals surface area (Å²) in [6.07, 6.45) is 12.5. The Morgan fingerprint density at radius 3 is 1.20 bits per heavy atom. The summed E-state index contributed by atoms with van der Waals surface area (Å²) in [7, 11) is 3.17. The predicted octanol–water partition coefficient (Wildman–Crippen LogP) is 5.59. The molecular formula is C13H30ClP. The van der Waals surface area contributed by atoms with Gasteiger partial charge in [0.2, 0.25) is 0 Å². The molecule has 2 heteroatoms. The number of halogens is 1. The molecule has 0 aliphatic carbocycles. The maximum Gasteiger partial charge on any atom is -0.0150 e. The van der Waals surface area contributed by atoms with Gasteiger partial charge in [0.05, 0.1) is 0 Å². The Balaban J connectivity index is 0. The molecule has 0 bridgehead atoms. The second-order valence-corrected chi connectivity index (χ2v) is 5.90. The standard InChI is InChI=1S/C13H29P.ClH/c1-4-7-10-13(14,11-8-5-2)12-9-6-3;/h4-12,14H2,1-3H3;1H. The highest BCUT2D eigenvalue weighted by Crippen LogP contribution is 2.36. The van der Waals surface area contributed by atoms with Crippen LogP contribution in [0.2, 0.25) is 0 Å². The largest absolute Gasteiger partial charge is 0.147 e. The molecule has 0 aliphatic heterocycles. The van der Waals surface area contributed by atoms with Crippen LogP contribution in [0.3, 0.4) is 0 Å². The molecule has 0 aliphatic rings. The van der Waals surface area contributed by atoms with Gasteiger partial charge in [0.25, 0.3) is 0 Å². The van der Waals surface area contributed by atoms with Crippen LogP contribution < -0.4 is 0 Å². The Bertz CT molecular complexity index is 104. The Morgan fingerprint density at radius 2 is 1.00 bits per heavy atom. The van der Waals surface area contributed by atoms with Crippen molar-refractivity contribution in [2.24, 2.45) is 0 Å². The topological polar surface area (TPSA) is 0 Å². The van der Waals surface area contributed by atoms with E-state index in [4.69, 9.17) is 0 Å². The molecule has 15 heavy (non-hydrogen) atoms. The number of hydrogen-bond donors (Lipinski definition) is 0. The molecule has 0 saturated carbocycles. The van der Waals surface area contributed by atoms with Crippen molar-refractivity contribution in [3.63, 3.8) is 0 Å². The molecule has 0 saturated heterocycles. The smallest absolute Gasteiger partial charge is 0.0150 e. The molecule has 94 valence electrons. The summed E-state index contributed by atoms with van der Waals surface area (Å²) < 4.78 is 0. The zero-order valence-corrected chi connectivity index (χ0v) is 12.8. The van der Waals surface area contributed by atoms with Crippen LogP contribution in [0, 0.1) is 0 Å². The summed E-state index contributed by atoms with van der Waals surface area (Å²) in [5.41, 5.74) is 0. The van der Waals surface area contributed by atoms with E-state index in [0.717, 1.165) is 0 Å². The van der Waals surface area contributed by atoms with E-state index in [9.17, 15) is 0 Å². The van der Waals surface area contributed by atoms with Crippen LogP contribution in [0.5, 0.6) is 0 Å². The molecule has 0 N–H and O–H groups in total. The lowest BCUT2D eigenvalue weighted by atomic mass is 9.90. The SMILES string of the molecule is CCCCC(P)(CCCC)CCCC.Cl. The average molecular weight is 253 g/mol. The zero-order valence-electron chi connectivity index (χ0n) is 10.8. The van der Waals surface area contributed by atoms with Crippen molar-refractivity contribution in [2.75, 3.05) is 0 Å². The summed E-state index contributed by atoms with van der Waals surface area (Å²) in [5.74, 6) is 0. The van der Waals surface area contributed by atoms with Gasteiger partial charge in [0, 0.05) is 0 Å². The van der Waals surface area contributed by atoms with Crippen molar-refractivity contribution in [2.45, 2.75) is 83.7 Å². The van der Waals surface area contributed by atoms with Crippen LogP contribution in [0.1, 0.15) is 78.6 Å². The average Bonchev–Trinajstić information content (AvgIpc) is 2.21. The molecule has 0 spiro atoms. The maximum atomic E-state index is 3.17. The summed E-state index contributed by atoms with van der Waals surface area (Å²) in [6, 6.07) is 0. The van der Waals surface area contributed by atoms with Gasteiger partial charge in [-0.1, -0.05) is 59.3 Å². The molecule has 0 heterocycles. The van der Waals surface area contributed by atoms with Crippen LogP contribution in [0.15, 0.2) is 0 Å². The van der Waals surface area contributed by atoms with E-state index in [1.54, 1.807) is 0 Å². The van der Waals surface area contributed by atoms with Crippen molar-refractivity contribution in [3.05, 3.63) is 0 Å². The molecule has 0 aromatic carbocycles. The first-order chi connectivity index (χ1) is 6.68. The molecule has 0 radical (unpaired) electrons. The summed E-state index contributed by atoms with van der Waals surface area (Å²) in [5, 5.41) is 0.571. The van der Waals surface area contributed by atoms with Gasteiger partial charge in [-0.15, -0.1) is 21.6 Å². The first-order valence-electron chi connectivity index (χ1n) is 6.47. The lowest BCUT2D eigenvalue weighted by Gasteiger charge is -2.29. The summed E-state index contributed by atoms with van der Waals surface area (Å²) in [6.45, 7) is 6.89. The maximum absolute atomic E-state index is 3.17. The Kier molecular flexibility index (Phi) is 13.5. The fraction of sp³-hybridized carbons (Fsp3) is 1.00. The van der Waals surface area contributed by atoms with E-state index in [-0.39, 0.29) is 12.4 Å². The highest BCUT2D eigenvalue weighted by Gasteiger charge is 2.22. The van der Waals surface area contributed by atoms with Gasteiger partial charge in [0.1, 0.15) is 0 Å². The van der Waals surface area contributed by atoms with Gasteiger partial charge in [-0.25, -0.2) is 0 Å². The fourth-order valence-electron chi connectivity index (χ4n) is 1.96. The van der Waals surface area contributed by atoms with Crippen LogP contribution >= 0.6 is 21.6 Å². The molecule has 0 amide bonds. The molecule has 0 aromatic rings. The fourth-order valence-corrected chi connectivity index (χ4v) is 2.57. The van der Waals surface area contributed by atoms with E-state index < -0.39 is 0 Å². The number of unbranched alkanes of at least 4 members (excludes halogenated alkanes) is 3. The van der Waals surface area contributed by atoms with Gasteiger partial charge < -0.3 is 0 Å². The van der Waals surface area contributed by atoms with Crippen molar-refractivity contribution in [1.29, 1.82) is 0 Å². The number of rotatable bonds is 9. The molecule has 0 nitrogen and oxygen atoms in total. The first-order valence-corrected chi connectivity index (χ1v) is 7.05. The van der Waals surface area contributed by atoms with Crippen LogP contribution in [-0.2, 0) is 0 Å². The normalized spacial score (nSPS) is 11.2. The number of hydrogen-bond acceptors (Lipinski definition) is 0. The van der Waals surface area contributed by atoms with Crippen molar-refractivity contribution in [3.8, 4) is 0 Å². The minimum atomic E-state index is 0. The first kappa shape index (κ1) is 18.1. The molecule has 0 rings (SSSR count). The zero-order chi connectivity index (χ0) is 10.9. The predicted molar refractivity (Wildman–Crippen MR) is 78.3 cm³/mol. The van der Waals surface area contributed by atoms with Crippen molar-refractivity contribution < 1.29 is 0 Å². The molecule has 0 fully saturated rings. The quantitative estimate of drug-likeness (QED) is 0.469. The van der Waals surface area contributed by atoms with Gasteiger partial charge in [-0.2, -0.15) is 0 Å². The van der Waals surface area contributed by atoms with Crippen molar-refractivity contribution in [1.82, 2.24) is 0 Å². The van der Waals surface area contributed by atoms with Crippen LogP contribution in [-0.4, -0.2) is 5.16 Å². The Morgan fingerprint density at radius 1 is 0.733 bits per heavy atom. The monoisotopic (exact) mass is 252 g/mol. The Labute approximate surface area is 106 Å². The third kappa shape index (κ3) is 9.64. The Hall–Kier alpha value is 0.720. The molecular weight excluding hydrogens is 223 g/mol. The third-order valence-corrected chi connectivity index (χ3v) is 3.95. The van der Waals surface area contributed by atoms with Crippen LogP contribution in [0.4, 0.5) is 0 Å². The minimum Gasteiger partial charge on any atom is -0.147 e. The molecule has 1 unspecified atom stereocenters. The molecule has 0 aromatic heterocycles. The second kappa shape index (κ2) is 11.2. The summed E-state index contributed by atoms with van der Waals surface area (Å²) in [4.78, 5) is 0. The van der Waals surface area contributed by atoms with E-state index in [1.807, 2.05) is 0 Å². The summed E-state index contributed by atoms with van der Waals surface area (Å²) >= 11 is 0. The third-order valence-electron chi connectivity index (χ3n) is 3.08. The lowest BCUT2D eigenvalue weighted by Crippen LogP contribution is -2.20. The van der Waals surface area contributed by atoms with E-state index in [2.05, 4.69) is 30.0 Å². The highest BCUT2D eigenvalue weighted by atomic mass is 35.5. The van der Waals surface area contributed by atoms with Gasteiger partial charge >= 0.3 is 0 Å². The van der Waals surface area contributed by atoms with Crippen molar-refractivity contribution >= 4 is 21.6 Å². The van der Waals surface area contributed by atoms with E-state index in [1.165, 1.54) is 57.8 Å². The highest BCUT2D eigenvalue weighted by molar-refractivity contribution is 7.19. The minimum absolute atomic E-state index is 0. The second-order valence-electron chi connectivity index (χ2n) is 4.67.